The molecule has 0 N–H and O–H groups in total. The lowest BCUT2D eigenvalue weighted by Gasteiger charge is -2.36. The van der Waals surface area contributed by atoms with E-state index in [9.17, 15) is 0 Å². The van der Waals surface area contributed by atoms with E-state index in [0.717, 1.165) is 70.3 Å². The highest BCUT2D eigenvalue weighted by molar-refractivity contribution is 5.07. The van der Waals surface area contributed by atoms with Gasteiger partial charge in [-0.2, -0.15) is 0 Å². The number of ether oxygens (including phenoxy) is 3. The molecule has 245 valence electrons. The molecule has 1 atom stereocenters. The molecule has 0 aliphatic carbocycles. The predicted molar refractivity (Wildman–Crippen MR) is 180 cm³/mol. The van der Waals surface area contributed by atoms with Crippen LogP contribution >= 0.6 is 0 Å². The molecule has 0 aliphatic rings. The van der Waals surface area contributed by atoms with Gasteiger partial charge in [0.1, 0.15) is 5.60 Å². The van der Waals surface area contributed by atoms with Gasteiger partial charge in [0.25, 0.3) is 0 Å². The fraction of sp³-hybridized carbons (Fsp3) is 0.947. The standard InChI is InChI=1S/C38H75O3/c1-6-11-16-18-20-22-23-24-26-28-30-32-38(41-35-15-10-5,31-29-27-25-21-19-17-12-7-2)37(40-34-14-9-4)36-39-33-13-8-3/h6-35H2,1-5H3. The summed E-state index contributed by atoms with van der Waals surface area (Å²) in [5.41, 5.74) is -0.392. The molecular formula is C38H75O3. The van der Waals surface area contributed by atoms with Crippen molar-refractivity contribution < 1.29 is 14.2 Å². The molecule has 41 heavy (non-hydrogen) atoms. The van der Waals surface area contributed by atoms with E-state index in [-0.39, 0.29) is 0 Å². The third-order valence-electron chi connectivity index (χ3n) is 8.42. The van der Waals surface area contributed by atoms with Gasteiger partial charge in [0.2, 0.25) is 6.26 Å². The minimum Gasteiger partial charge on any atom is -0.491 e. The summed E-state index contributed by atoms with van der Waals surface area (Å²) in [6.45, 7) is 13.5. The van der Waals surface area contributed by atoms with Crippen LogP contribution in [0.25, 0.3) is 0 Å². The predicted octanol–water partition coefficient (Wildman–Crippen LogP) is 13.1. The Hall–Kier alpha value is -0.700. The zero-order valence-electron chi connectivity index (χ0n) is 28.9. The molecule has 0 saturated heterocycles. The van der Waals surface area contributed by atoms with Crippen LogP contribution in [0.5, 0.6) is 0 Å². The molecule has 0 bridgehead atoms. The molecule has 0 aliphatic heterocycles. The van der Waals surface area contributed by atoms with Crippen molar-refractivity contribution in [1.82, 2.24) is 0 Å². The Balaban J connectivity index is 5.25. The molecule has 3 heteroatoms. The summed E-state index contributed by atoms with van der Waals surface area (Å²) in [5.74, 6) is 0.855. The molecule has 1 unspecified atom stereocenters. The quantitative estimate of drug-likeness (QED) is 0.0560. The second kappa shape index (κ2) is 32.2. The Bertz CT molecular complexity index is 532. The van der Waals surface area contributed by atoms with E-state index < -0.39 is 5.60 Å². The van der Waals surface area contributed by atoms with E-state index in [2.05, 4.69) is 40.9 Å². The van der Waals surface area contributed by atoms with Gasteiger partial charge < -0.3 is 14.2 Å². The van der Waals surface area contributed by atoms with Gasteiger partial charge in [-0.1, -0.05) is 176 Å². The van der Waals surface area contributed by atoms with E-state index in [4.69, 9.17) is 14.2 Å². The number of rotatable bonds is 34. The first-order valence-corrected chi connectivity index (χ1v) is 18.7. The lowest BCUT2D eigenvalue weighted by molar-refractivity contribution is -0.0763. The SMILES string of the molecule is CCCCCCCCCCCCCC(CCCCCCCCCC)(OCCCC)/C(=[C]\OCCCC)OCCCC. The largest absolute Gasteiger partial charge is 0.491 e. The van der Waals surface area contributed by atoms with Crippen molar-refractivity contribution in [3.05, 3.63) is 12.0 Å². The first-order valence-electron chi connectivity index (χ1n) is 18.7. The average molecular weight is 580 g/mol. The van der Waals surface area contributed by atoms with Crippen molar-refractivity contribution in [2.75, 3.05) is 19.8 Å². The second-order valence-electron chi connectivity index (χ2n) is 12.5. The summed E-state index contributed by atoms with van der Waals surface area (Å²) >= 11 is 0. The van der Waals surface area contributed by atoms with E-state index in [0.29, 0.717) is 6.61 Å². The molecule has 1 radical (unpaired) electrons. The van der Waals surface area contributed by atoms with Gasteiger partial charge in [-0.3, -0.25) is 0 Å². The molecule has 0 amide bonds. The van der Waals surface area contributed by atoms with Crippen LogP contribution in [0.3, 0.4) is 0 Å². The Morgan fingerprint density at radius 2 is 0.780 bits per heavy atom. The van der Waals surface area contributed by atoms with Crippen LogP contribution in [-0.4, -0.2) is 25.4 Å². The molecule has 3 nitrogen and oxygen atoms in total. The minimum absolute atomic E-state index is 0.392. The van der Waals surface area contributed by atoms with E-state index in [1.54, 1.807) is 0 Å². The average Bonchev–Trinajstić information content (AvgIpc) is 2.98. The molecule has 0 aromatic heterocycles. The van der Waals surface area contributed by atoms with Crippen LogP contribution in [0.4, 0.5) is 0 Å². The molecular weight excluding hydrogens is 504 g/mol. The number of unbranched alkanes of at least 4 members (excludes halogenated alkanes) is 20. The van der Waals surface area contributed by atoms with Gasteiger partial charge in [-0.25, -0.2) is 0 Å². The van der Waals surface area contributed by atoms with Crippen LogP contribution in [-0.2, 0) is 14.2 Å². The highest BCUT2D eigenvalue weighted by Gasteiger charge is 2.37. The Kier molecular flexibility index (Phi) is 31.7. The number of hydrogen-bond donors (Lipinski definition) is 0. The monoisotopic (exact) mass is 580 g/mol. The first kappa shape index (κ1) is 40.3. The maximum absolute atomic E-state index is 6.87. The van der Waals surface area contributed by atoms with E-state index >= 15 is 0 Å². The molecule has 0 rings (SSSR count). The summed E-state index contributed by atoms with van der Waals surface area (Å²) in [6, 6.07) is 0. The molecule has 0 saturated carbocycles. The molecule has 0 fully saturated rings. The van der Waals surface area contributed by atoms with Crippen LogP contribution in [0.1, 0.15) is 208 Å². The van der Waals surface area contributed by atoms with Gasteiger partial charge in [-0.15, -0.1) is 0 Å². The summed E-state index contributed by atoms with van der Waals surface area (Å²) in [5, 5.41) is 0. The molecule has 0 aromatic carbocycles. The van der Waals surface area contributed by atoms with Crippen molar-refractivity contribution in [2.24, 2.45) is 0 Å². The fourth-order valence-corrected chi connectivity index (χ4v) is 5.50. The Morgan fingerprint density at radius 1 is 0.415 bits per heavy atom. The lowest BCUT2D eigenvalue weighted by Crippen LogP contribution is -2.37. The molecule has 0 heterocycles. The summed E-state index contributed by atoms with van der Waals surface area (Å²) in [4.78, 5) is 0. The summed E-state index contributed by atoms with van der Waals surface area (Å²) in [7, 11) is 0. The van der Waals surface area contributed by atoms with Crippen LogP contribution in [0.2, 0.25) is 0 Å². The third-order valence-corrected chi connectivity index (χ3v) is 8.42. The second-order valence-corrected chi connectivity index (χ2v) is 12.5. The van der Waals surface area contributed by atoms with Gasteiger partial charge in [0.05, 0.1) is 13.2 Å². The maximum Gasteiger partial charge on any atom is 0.206 e. The van der Waals surface area contributed by atoms with Crippen molar-refractivity contribution in [2.45, 2.75) is 214 Å². The lowest BCUT2D eigenvalue weighted by atomic mass is 9.87. The topological polar surface area (TPSA) is 27.7 Å². The zero-order chi connectivity index (χ0) is 30.1. The maximum atomic E-state index is 6.87. The summed E-state index contributed by atoms with van der Waals surface area (Å²) < 4.78 is 19.3. The van der Waals surface area contributed by atoms with Gasteiger partial charge in [0, 0.05) is 6.61 Å². The normalized spacial score (nSPS) is 13.4. The van der Waals surface area contributed by atoms with E-state index in [1.165, 1.54) is 122 Å². The number of hydrogen-bond acceptors (Lipinski definition) is 3. The zero-order valence-corrected chi connectivity index (χ0v) is 28.9. The van der Waals surface area contributed by atoms with Crippen molar-refractivity contribution in [3.8, 4) is 0 Å². The van der Waals surface area contributed by atoms with Gasteiger partial charge in [-0.05, 0) is 32.1 Å². The van der Waals surface area contributed by atoms with Crippen molar-refractivity contribution >= 4 is 0 Å². The van der Waals surface area contributed by atoms with Gasteiger partial charge in [0.15, 0.2) is 5.76 Å². The highest BCUT2D eigenvalue weighted by atomic mass is 16.6. The van der Waals surface area contributed by atoms with Crippen LogP contribution in [0.15, 0.2) is 5.76 Å². The van der Waals surface area contributed by atoms with Gasteiger partial charge >= 0.3 is 0 Å². The van der Waals surface area contributed by atoms with Crippen LogP contribution < -0.4 is 0 Å². The highest BCUT2D eigenvalue weighted by Crippen LogP contribution is 2.36. The molecule has 0 aromatic rings. The Morgan fingerprint density at radius 3 is 1.22 bits per heavy atom. The minimum atomic E-state index is -0.392. The molecule has 0 spiro atoms. The smallest absolute Gasteiger partial charge is 0.206 e. The third kappa shape index (κ3) is 24.4. The fourth-order valence-electron chi connectivity index (χ4n) is 5.50. The van der Waals surface area contributed by atoms with E-state index in [1.807, 2.05) is 0 Å². The first-order chi connectivity index (χ1) is 20.2. The Labute approximate surface area is 259 Å². The van der Waals surface area contributed by atoms with Crippen molar-refractivity contribution in [3.63, 3.8) is 0 Å². The van der Waals surface area contributed by atoms with Crippen LogP contribution in [0, 0.1) is 6.26 Å². The van der Waals surface area contributed by atoms with Crippen molar-refractivity contribution in [1.29, 1.82) is 0 Å². The summed E-state index contributed by atoms with van der Waals surface area (Å²) in [6.07, 6.45) is 37.6.